The smallest absolute Gasteiger partial charge is 0.265 e. The van der Waals surface area contributed by atoms with Gasteiger partial charge in [-0.1, -0.05) is 40.9 Å². The van der Waals surface area contributed by atoms with Gasteiger partial charge in [-0.05, 0) is 44.2 Å². The third-order valence-corrected chi connectivity index (χ3v) is 3.44. The zero-order valence-electron chi connectivity index (χ0n) is 11.7. The fourth-order valence-electron chi connectivity index (χ4n) is 1.70. The molecule has 1 amide bonds. The van der Waals surface area contributed by atoms with E-state index in [0.717, 1.165) is 5.56 Å². The lowest BCUT2D eigenvalue weighted by atomic mass is 10.2. The topological polar surface area (TPSA) is 38.3 Å². The molecule has 2 rings (SSSR count). The van der Waals surface area contributed by atoms with E-state index >= 15 is 0 Å². The maximum absolute atomic E-state index is 12.1. The van der Waals surface area contributed by atoms with E-state index < -0.39 is 6.10 Å². The zero-order chi connectivity index (χ0) is 15.4. The van der Waals surface area contributed by atoms with E-state index in [1.54, 1.807) is 25.1 Å². The fourth-order valence-corrected chi connectivity index (χ4v) is 2.16. The molecule has 0 aromatic heterocycles. The van der Waals surface area contributed by atoms with Crippen molar-refractivity contribution in [3.63, 3.8) is 0 Å². The first-order valence-corrected chi connectivity index (χ1v) is 7.20. The number of halogens is 2. The van der Waals surface area contributed by atoms with Crippen LogP contribution < -0.4 is 10.1 Å². The van der Waals surface area contributed by atoms with Gasteiger partial charge in [0, 0.05) is 5.02 Å². The number of ether oxygens (including phenoxy) is 1. The molecule has 0 bridgehead atoms. The molecule has 0 saturated heterocycles. The first-order valence-electron chi connectivity index (χ1n) is 6.45. The highest BCUT2D eigenvalue weighted by Gasteiger charge is 2.16. The van der Waals surface area contributed by atoms with Crippen LogP contribution in [-0.2, 0) is 4.79 Å². The number of carbonyl (C=O) groups is 1. The number of amides is 1. The summed E-state index contributed by atoms with van der Waals surface area (Å²) in [7, 11) is 0. The van der Waals surface area contributed by atoms with Crippen LogP contribution in [0.5, 0.6) is 5.75 Å². The van der Waals surface area contributed by atoms with E-state index in [9.17, 15) is 4.79 Å². The predicted molar refractivity (Wildman–Crippen MR) is 86.4 cm³/mol. The molecule has 21 heavy (non-hydrogen) atoms. The summed E-state index contributed by atoms with van der Waals surface area (Å²) in [5.41, 5.74) is 1.64. The number of benzene rings is 2. The minimum absolute atomic E-state index is 0.278. The number of aryl methyl sites for hydroxylation is 1. The maximum Gasteiger partial charge on any atom is 0.265 e. The van der Waals surface area contributed by atoms with Crippen molar-refractivity contribution < 1.29 is 9.53 Å². The van der Waals surface area contributed by atoms with Gasteiger partial charge in [0.15, 0.2) is 6.10 Å². The minimum Gasteiger partial charge on any atom is -0.481 e. The van der Waals surface area contributed by atoms with Crippen LogP contribution in [0.15, 0.2) is 42.5 Å². The van der Waals surface area contributed by atoms with Gasteiger partial charge in [0.1, 0.15) is 5.75 Å². The Hall–Kier alpha value is -1.71. The van der Waals surface area contributed by atoms with Crippen LogP contribution in [-0.4, -0.2) is 12.0 Å². The standard InChI is InChI=1S/C16H15Cl2NO2/c1-10-3-6-13(7-4-10)21-11(2)16(20)19-15-8-5-12(17)9-14(15)18/h3-9,11H,1-2H3,(H,19,20)/t11-/m0/s1. The molecule has 0 saturated carbocycles. The summed E-state index contributed by atoms with van der Waals surface area (Å²) in [4.78, 5) is 12.1. The van der Waals surface area contributed by atoms with Crippen molar-refractivity contribution in [3.8, 4) is 5.75 Å². The van der Waals surface area contributed by atoms with Crippen LogP contribution in [0.4, 0.5) is 5.69 Å². The second-order valence-electron chi connectivity index (χ2n) is 4.69. The van der Waals surface area contributed by atoms with Gasteiger partial charge in [0.25, 0.3) is 5.91 Å². The summed E-state index contributed by atoms with van der Waals surface area (Å²) in [6.45, 7) is 3.67. The Morgan fingerprint density at radius 1 is 1.14 bits per heavy atom. The molecule has 5 heteroatoms. The van der Waals surface area contributed by atoms with Crippen LogP contribution in [0, 0.1) is 6.92 Å². The number of hydrogen-bond donors (Lipinski definition) is 1. The average Bonchev–Trinajstić information content (AvgIpc) is 2.44. The molecule has 0 unspecified atom stereocenters. The molecule has 0 aliphatic heterocycles. The summed E-state index contributed by atoms with van der Waals surface area (Å²) < 4.78 is 5.59. The first-order chi connectivity index (χ1) is 9.95. The Labute approximate surface area is 133 Å². The van der Waals surface area contributed by atoms with Gasteiger partial charge < -0.3 is 10.1 Å². The molecule has 0 aliphatic rings. The van der Waals surface area contributed by atoms with E-state index in [2.05, 4.69) is 5.32 Å². The van der Waals surface area contributed by atoms with Crippen molar-refractivity contribution >= 4 is 34.8 Å². The second-order valence-corrected chi connectivity index (χ2v) is 5.53. The molecule has 2 aromatic carbocycles. The maximum atomic E-state index is 12.1. The monoisotopic (exact) mass is 323 g/mol. The van der Waals surface area contributed by atoms with Gasteiger partial charge in [-0.3, -0.25) is 4.79 Å². The third-order valence-electron chi connectivity index (χ3n) is 2.89. The number of hydrogen-bond acceptors (Lipinski definition) is 2. The number of carbonyl (C=O) groups excluding carboxylic acids is 1. The Morgan fingerprint density at radius 2 is 1.81 bits per heavy atom. The highest BCUT2D eigenvalue weighted by molar-refractivity contribution is 6.36. The molecule has 0 fully saturated rings. The van der Waals surface area contributed by atoms with Gasteiger partial charge >= 0.3 is 0 Å². The lowest BCUT2D eigenvalue weighted by Crippen LogP contribution is -2.30. The molecule has 1 N–H and O–H groups in total. The molecule has 0 spiro atoms. The van der Waals surface area contributed by atoms with Gasteiger partial charge in [-0.2, -0.15) is 0 Å². The summed E-state index contributed by atoms with van der Waals surface area (Å²) in [6, 6.07) is 12.4. The number of anilines is 1. The third kappa shape index (κ3) is 4.38. The second kappa shape index (κ2) is 6.83. The number of rotatable bonds is 4. The van der Waals surface area contributed by atoms with Crippen molar-refractivity contribution in [2.45, 2.75) is 20.0 Å². The van der Waals surface area contributed by atoms with Crippen molar-refractivity contribution in [1.29, 1.82) is 0 Å². The van der Waals surface area contributed by atoms with Crippen LogP contribution in [0.2, 0.25) is 10.0 Å². The van der Waals surface area contributed by atoms with Gasteiger partial charge in [-0.25, -0.2) is 0 Å². The Morgan fingerprint density at radius 3 is 2.43 bits per heavy atom. The Balaban J connectivity index is 2.00. The Kier molecular flexibility index (Phi) is 5.10. The van der Waals surface area contributed by atoms with Gasteiger partial charge in [-0.15, -0.1) is 0 Å². The molecule has 0 radical (unpaired) electrons. The SMILES string of the molecule is Cc1ccc(O[C@@H](C)C(=O)Nc2ccc(Cl)cc2Cl)cc1. The summed E-state index contributed by atoms with van der Waals surface area (Å²) in [6.07, 6.45) is -0.639. The minimum atomic E-state index is -0.639. The molecule has 0 heterocycles. The fraction of sp³-hybridized carbons (Fsp3) is 0.188. The van der Waals surface area contributed by atoms with Crippen molar-refractivity contribution in [2.24, 2.45) is 0 Å². The van der Waals surface area contributed by atoms with E-state index in [-0.39, 0.29) is 5.91 Å². The van der Waals surface area contributed by atoms with Crippen molar-refractivity contribution in [3.05, 3.63) is 58.1 Å². The lowest BCUT2D eigenvalue weighted by molar-refractivity contribution is -0.122. The average molecular weight is 324 g/mol. The highest BCUT2D eigenvalue weighted by atomic mass is 35.5. The normalized spacial score (nSPS) is 11.8. The van der Waals surface area contributed by atoms with E-state index in [1.807, 2.05) is 31.2 Å². The van der Waals surface area contributed by atoms with Crippen molar-refractivity contribution in [1.82, 2.24) is 0 Å². The van der Waals surface area contributed by atoms with Crippen LogP contribution >= 0.6 is 23.2 Å². The molecule has 0 aliphatic carbocycles. The molecular weight excluding hydrogens is 309 g/mol. The van der Waals surface area contributed by atoms with E-state index in [1.165, 1.54) is 0 Å². The Bertz CT molecular complexity index is 641. The summed E-state index contributed by atoms with van der Waals surface area (Å²) in [5, 5.41) is 3.62. The van der Waals surface area contributed by atoms with Gasteiger partial charge in [0.2, 0.25) is 0 Å². The van der Waals surface area contributed by atoms with Crippen LogP contribution in [0.1, 0.15) is 12.5 Å². The predicted octanol–water partition coefficient (Wildman–Crippen LogP) is 4.71. The van der Waals surface area contributed by atoms with Gasteiger partial charge in [0.05, 0.1) is 10.7 Å². The quantitative estimate of drug-likeness (QED) is 0.885. The molecule has 1 atom stereocenters. The van der Waals surface area contributed by atoms with E-state index in [4.69, 9.17) is 27.9 Å². The zero-order valence-corrected chi connectivity index (χ0v) is 13.2. The highest BCUT2D eigenvalue weighted by Crippen LogP contribution is 2.25. The first kappa shape index (κ1) is 15.7. The molecular formula is C16H15Cl2NO2. The molecule has 3 nitrogen and oxygen atoms in total. The molecule has 110 valence electrons. The van der Waals surface area contributed by atoms with Crippen molar-refractivity contribution in [2.75, 3.05) is 5.32 Å². The van der Waals surface area contributed by atoms with E-state index in [0.29, 0.717) is 21.5 Å². The van der Waals surface area contributed by atoms with Crippen LogP contribution in [0.3, 0.4) is 0 Å². The summed E-state index contributed by atoms with van der Waals surface area (Å²) in [5.74, 6) is 0.366. The number of nitrogens with one attached hydrogen (secondary N) is 1. The lowest BCUT2D eigenvalue weighted by Gasteiger charge is -2.15. The molecule has 2 aromatic rings. The van der Waals surface area contributed by atoms with Crippen LogP contribution in [0.25, 0.3) is 0 Å². The summed E-state index contributed by atoms with van der Waals surface area (Å²) >= 11 is 11.8. The largest absolute Gasteiger partial charge is 0.481 e.